The second kappa shape index (κ2) is 7.48. The Kier molecular flexibility index (Phi) is 5.27. The Labute approximate surface area is 157 Å². The monoisotopic (exact) mass is 387 g/mol. The molecule has 0 bridgehead atoms. The van der Waals surface area contributed by atoms with E-state index in [1.54, 1.807) is 6.07 Å². The topological polar surface area (TPSA) is 102 Å². The lowest BCUT2D eigenvalue weighted by Gasteiger charge is -2.18. The number of sulfone groups is 1. The van der Waals surface area contributed by atoms with Gasteiger partial charge in [0.15, 0.2) is 0 Å². The van der Waals surface area contributed by atoms with Crippen molar-refractivity contribution >= 4 is 26.5 Å². The standard InChI is InChI=1S/C19H21N3O4S/c1-12(2)11-16(18-21-22-19(26-18)27(3,24)25)20-17(23)15-10-6-8-13-7-4-5-9-14(13)15/h4-10,12,16H,11H2,1-3H3,(H,20,23)/t16-/m0/s1. The van der Waals surface area contributed by atoms with Gasteiger partial charge >= 0.3 is 5.22 Å². The Hall–Kier alpha value is -2.74. The first kappa shape index (κ1) is 19.0. The molecule has 0 aliphatic carbocycles. The van der Waals surface area contributed by atoms with Crippen LogP contribution in [0.1, 0.15) is 42.6 Å². The first-order valence-electron chi connectivity index (χ1n) is 8.58. The van der Waals surface area contributed by atoms with Gasteiger partial charge in [-0.1, -0.05) is 55.3 Å². The van der Waals surface area contributed by atoms with Crippen LogP contribution in [0.2, 0.25) is 0 Å². The summed E-state index contributed by atoms with van der Waals surface area (Å²) in [7, 11) is -3.61. The van der Waals surface area contributed by atoms with E-state index in [0.717, 1.165) is 17.0 Å². The fourth-order valence-electron chi connectivity index (χ4n) is 2.86. The van der Waals surface area contributed by atoms with Crippen molar-refractivity contribution in [1.29, 1.82) is 0 Å². The van der Waals surface area contributed by atoms with E-state index in [0.29, 0.717) is 12.0 Å². The molecule has 1 N–H and O–H groups in total. The van der Waals surface area contributed by atoms with Crippen molar-refractivity contribution in [2.24, 2.45) is 5.92 Å². The number of nitrogens with one attached hydrogen (secondary N) is 1. The largest absolute Gasteiger partial charge is 0.410 e. The van der Waals surface area contributed by atoms with Gasteiger partial charge in [-0.05, 0) is 29.2 Å². The Morgan fingerprint density at radius 3 is 2.48 bits per heavy atom. The minimum Gasteiger partial charge on any atom is -0.410 e. The number of carbonyl (C=O) groups excluding carboxylic acids is 1. The first-order valence-corrected chi connectivity index (χ1v) is 10.5. The molecule has 142 valence electrons. The summed E-state index contributed by atoms with van der Waals surface area (Å²) in [6, 6.07) is 12.5. The summed E-state index contributed by atoms with van der Waals surface area (Å²) >= 11 is 0. The van der Waals surface area contributed by atoms with Crippen molar-refractivity contribution in [2.45, 2.75) is 31.5 Å². The number of carbonyl (C=O) groups is 1. The average Bonchev–Trinajstić information content (AvgIpc) is 3.10. The zero-order valence-corrected chi connectivity index (χ0v) is 16.2. The average molecular weight is 387 g/mol. The molecule has 1 aromatic heterocycles. The molecule has 2 aromatic carbocycles. The van der Waals surface area contributed by atoms with Gasteiger partial charge in [0.25, 0.3) is 5.91 Å². The summed E-state index contributed by atoms with van der Waals surface area (Å²) in [6.07, 6.45) is 1.53. The van der Waals surface area contributed by atoms with Crippen molar-refractivity contribution in [3.63, 3.8) is 0 Å². The first-order chi connectivity index (χ1) is 12.8. The summed E-state index contributed by atoms with van der Waals surface area (Å²) < 4.78 is 28.5. The maximum Gasteiger partial charge on any atom is 0.335 e. The van der Waals surface area contributed by atoms with Gasteiger partial charge in [0, 0.05) is 11.8 Å². The fraction of sp³-hybridized carbons (Fsp3) is 0.316. The minimum absolute atomic E-state index is 0.0812. The number of amides is 1. The number of rotatable bonds is 6. The SMILES string of the molecule is CC(C)C[C@H](NC(=O)c1cccc2ccccc12)c1nnc(S(C)(=O)=O)o1. The van der Waals surface area contributed by atoms with Crippen LogP contribution in [0.15, 0.2) is 52.1 Å². The maximum absolute atomic E-state index is 12.9. The van der Waals surface area contributed by atoms with E-state index in [2.05, 4.69) is 15.5 Å². The number of hydrogen-bond acceptors (Lipinski definition) is 6. The molecular weight excluding hydrogens is 366 g/mol. The van der Waals surface area contributed by atoms with Crippen LogP contribution in [0.4, 0.5) is 0 Å². The smallest absolute Gasteiger partial charge is 0.335 e. The Bertz CT molecular complexity index is 1070. The summed E-state index contributed by atoms with van der Waals surface area (Å²) in [6.45, 7) is 3.98. The molecule has 7 nitrogen and oxygen atoms in total. The van der Waals surface area contributed by atoms with Crippen LogP contribution in [0, 0.1) is 5.92 Å². The molecule has 0 aliphatic heterocycles. The predicted octanol–water partition coefficient (Wildman–Crippen LogP) is 3.14. The molecule has 3 aromatic rings. The van der Waals surface area contributed by atoms with Gasteiger partial charge in [-0.2, -0.15) is 0 Å². The summed E-state index contributed by atoms with van der Waals surface area (Å²) in [5.74, 6) is 0.0191. The molecule has 1 amide bonds. The van der Waals surface area contributed by atoms with Crippen molar-refractivity contribution in [1.82, 2.24) is 15.5 Å². The second-order valence-corrected chi connectivity index (χ2v) is 8.75. The molecule has 0 fully saturated rings. The lowest BCUT2D eigenvalue weighted by Crippen LogP contribution is -2.30. The van der Waals surface area contributed by atoms with Crippen LogP contribution in [-0.2, 0) is 9.84 Å². The number of fused-ring (bicyclic) bond motifs is 1. The van der Waals surface area contributed by atoms with Crippen LogP contribution in [0.3, 0.4) is 0 Å². The van der Waals surface area contributed by atoms with Gasteiger partial charge in [-0.15, -0.1) is 5.10 Å². The lowest BCUT2D eigenvalue weighted by atomic mass is 10.0. The van der Waals surface area contributed by atoms with Crippen molar-refractivity contribution < 1.29 is 17.6 Å². The molecular formula is C19H21N3O4S. The van der Waals surface area contributed by atoms with E-state index >= 15 is 0 Å². The van der Waals surface area contributed by atoms with Crippen LogP contribution in [0.5, 0.6) is 0 Å². The number of benzene rings is 2. The minimum atomic E-state index is -3.61. The highest BCUT2D eigenvalue weighted by Gasteiger charge is 2.25. The highest BCUT2D eigenvalue weighted by atomic mass is 32.2. The normalized spacial score (nSPS) is 13.0. The highest BCUT2D eigenvalue weighted by molar-refractivity contribution is 7.90. The van der Waals surface area contributed by atoms with Crippen molar-refractivity contribution in [3.8, 4) is 0 Å². The summed E-state index contributed by atoms with van der Waals surface area (Å²) in [5.41, 5.74) is 0.532. The van der Waals surface area contributed by atoms with Gasteiger partial charge in [0.05, 0.1) is 0 Å². The van der Waals surface area contributed by atoms with Crippen LogP contribution < -0.4 is 5.32 Å². The third kappa shape index (κ3) is 4.33. The third-order valence-corrected chi connectivity index (χ3v) is 4.88. The maximum atomic E-state index is 12.9. The second-order valence-electron chi connectivity index (χ2n) is 6.86. The molecule has 1 atom stereocenters. The number of nitrogens with zero attached hydrogens (tertiary/aromatic N) is 2. The highest BCUT2D eigenvalue weighted by Crippen LogP contribution is 2.24. The third-order valence-electron chi connectivity index (χ3n) is 4.08. The number of hydrogen-bond donors (Lipinski definition) is 1. The lowest BCUT2D eigenvalue weighted by molar-refractivity contribution is 0.0925. The zero-order chi connectivity index (χ0) is 19.6. The molecule has 0 aliphatic rings. The van der Waals surface area contributed by atoms with E-state index in [-0.39, 0.29) is 17.7 Å². The molecule has 0 unspecified atom stereocenters. The molecule has 3 rings (SSSR count). The van der Waals surface area contributed by atoms with Gasteiger partial charge in [0.2, 0.25) is 15.7 Å². The molecule has 0 saturated heterocycles. The molecule has 0 saturated carbocycles. The van der Waals surface area contributed by atoms with E-state index in [1.165, 1.54) is 0 Å². The molecule has 1 heterocycles. The van der Waals surface area contributed by atoms with E-state index in [4.69, 9.17) is 4.42 Å². The summed E-state index contributed by atoms with van der Waals surface area (Å²) in [4.78, 5) is 12.9. The molecule has 27 heavy (non-hydrogen) atoms. The Morgan fingerprint density at radius 1 is 1.11 bits per heavy atom. The van der Waals surface area contributed by atoms with Gasteiger partial charge in [-0.3, -0.25) is 4.79 Å². The molecule has 8 heteroatoms. The van der Waals surface area contributed by atoms with Gasteiger partial charge in [-0.25, -0.2) is 8.42 Å². The molecule has 0 spiro atoms. The van der Waals surface area contributed by atoms with Crippen LogP contribution in [0.25, 0.3) is 10.8 Å². The van der Waals surface area contributed by atoms with Crippen molar-refractivity contribution in [3.05, 3.63) is 53.9 Å². The zero-order valence-electron chi connectivity index (χ0n) is 15.3. The van der Waals surface area contributed by atoms with E-state index < -0.39 is 21.1 Å². The van der Waals surface area contributed by atoms with Crippen molar-refractivity contribution in [2.75, 3.05) is 6.26 Å². The Balaban J connectivity index is 1.92. The van der Waals surface area contributed by atoms with Crippen LogP contribution >= 0.6 is 0 Å². The van der Waals surface area contributed by atoms with E-state index in [9.17, 15) is 13.2 Å². The quantitative estimate of drug-likeness (QED) is 0.697. The van der Waals surface area contributed by atoms with Crippen LogP contribution in [-0.4, -0.2) is 30.8 Å². The number of aromatic nitrogens is 2. The Morgan fingerprint density at radius 2 is 1.81 bits per heavy atom. The van der Waals surface area contributed by atoms with E-state index in [1.807, 2.05) is 50.2 Å². The summed E-state index contributed by atoms with van der Waals surface area (Å²) in [5, 5.41) is 11.7. The van der Waals surface area contributed by atoms with Gasteiger partial charge in [0.1, 0.15) is 6.04 Å². The predicted molar refractivity (Wildman–Crippen MR) is 101 cm³/mol. The van der Waals surface area contributed by atoms with Gasteiger partial charge < -0.3 is 9.73 Å². The fourth-order valence-corrected chi connectivity index (χ4v) is 3.29. The molecule has 0 radical (unpaired) electrons.